The van der Waals surface area contributed by atoms with Crippen LogP contribution in [0, 0.1) is 0 Å². The van der Waals surface area contributed by atoms with Crippen LogP contribution in [0.3, 0.4) is 0 Å². The fraction of sp³-hybridized carbons (Fsp3) is 0.556. The molecule has 1 fully saturated rings. The second-order valence-corrected chi connectivity index (χ2v) is 9.15. The first-order chi connectivity index (χ1) is 12.1. The lowest BCUT2D eigenvalue weighted by Crippen LogP contribution is -2.50. The molecule has 1 aliphatic rings. The highest BCUT2D eigenvalue weighted by molar-refractivity contribution is 7.92. The van der Waals surface area contributed by atoms with Gasteiger partial charge in [0.15, 0.2) is 9.84 Å². The molecule has 1 heterocycles. The van der Waals surface area contributed by atoms with Gasteiger partial charge in [-0.05, 0) is 52.7 Å². The molecule has 0 bridgehead atoms. The first-order valence-corrected chi connectivity index (χ1v) is 10.1. The van der Waals surface area contributed by atoms with Crippen molar-refractivity contribution >= 4 is 21.9 Å². The molecule has 0 radical (unpaired) electrons. The van der Waals surface area contributed by atoms with Crippen molar-refractivity contribution in [2.45, 2.75) is 62.4 Å². The van der Waals surface area contributed by atoms with Crippen LogP contribution in [0.15, 0.2) is 35.2 Å². The lowest BCUT2D eigenvalue weighted by molar-refractivity contribution is -0.148. The average molecular weight is 383 g/mol. The van der Waals surface area contributed by atoms with Crippen molar-refractivity contribution in [1.29, 1.82) is 0 Å². The van der Waals surface area contributed by atoms with Gasteiger partial charge in [-0.2, -0.15) is 0 Å². The van der Waals surface area contributed by atoms with Gasteiger partial charge in [0.2, 0.25) is 0 Å². The molecule has 0 N–H and O–H groups in total. The van der Waals surface area contributed by atoms with Gasteiger partial charge < -0.3 is 9.47 Å². The van der Waals surface area contributed by atoms with Gasteiger partial charge in [-0.1, -0.05) is 18.2 Å². The van der Waals surface area contributed by atoms with Gasteiger partial charge in [0.05, 0.1) is 11.5 Å². The number of sulfone groups is 1. The zero-order chi connectivity index (χ0) is 19.5. The van der Waals surface area contributed by atoms with E-state index < -0.39 is 38.9 Å². The summed E-state index contributed by atoms with van der Waals surface area (Å²) in [4.78, 5) is 26.1. The Morgan fingerprint density at radius 3 is 2.31 bits per heavy atom. The fourth-order valence-electron chi connectivity index (χ4n) is 2.88. The third kappa shape index (κ3) is 4.35. The number of carbonyl (C=O) groups excluding carboxylic acids is 2. The number of rotatable bonds is 4. The number of nitrogens with zero attached hydrogens (tertiary/aromatic N) is 1. The van der Waals surface area contributed by atoms with E-state index >= 15 is 0 Å². The molecule has 2 atom stereocenters. The molecule has 26 heavy (non-hydrogen) atoms. The predicted octanol–water partition coefficient (Wildman–Crippen LogP) is 2.75. The van der Waals surface area contributed by atoms with Crippen LogP contribution in [-0.2, 0) is 24.1 Å². The maximum absolute atomic E-state index is 13.0. The molecule has 1 aliphatic heterocycles. The van der Waals surface area contributed by atoms with Crippen molar-refractivity contribution < 1.29 is 27.5 Å². The predicted molar refractivity (Wildman–Crippen MR) is 95.1 cm³/mol. The summed E-state index contributed by atoms with van der Waals surface area (Å²) in [5.41, 5.74) is -0.820. The molecule has 8 heteroatoms. The van der Waals surface area contributed by atoms with Gasteiger partial charge in [-0.15, -0.1) is 0 Å². The van der Waals surface area contributed by atoms with E-state index in [-0.39, 0.29) is 24.3 Å². The highest BCUT2D eigenvalue weighted by Crippen LogP contribution is 2.33. The Balaban J connectivity index is 2.41. The van der Waals surface area contributed by atoms with Crippen LogP contribution < -0.4 is 0 Å². The molecule has 0 spiro atoms. The maximum atomic E-state index is 13.0. The summed E-state index contributed by atoms with van der Waals surface area (Å²) in [5, 5.41) is -1.17. The van der Waals surface area contributed by atoms with E-state index in [1.54, 1.807) is 45.9 Å². The van der Waals surface area contributed by atoms with Gasteiger partial charge in [-0.3, -0.25) is 4.90 Å². The summed E-state index contributed by atoms with van der Waals surface area (Å²) in [6.45, 7) is 6.85. The first-order valence-electron chi connectivity index (χ1n) is 8.55. The van der Waals surface area contributed by atoms with E-state index in [0.29, 0.717) is 0 Å². The normalized spacial score (nSPS) is 20.7. The fourth-order valence-corrected chi connectivity index (χ4v) is 4.71. The summed E-state index contributed by atoms with van der Waals surface area (Å²) in [6, 6.07) is 6.90. The molecule has 0 aromatic heterocycles. The Morgan fingerprint density at radius 1 is 1.15 bits per heavy atom. The number of amides is 1. The number of benzene rings is 1. The van der Waals surface area contributed by atoms with Gasteiger partial charge >= 0.3 is 12.1 Å². The summed E-state index contributed by atoms with van der Waals surface area (Å²) >= 11 is 0. The second-order valence-electron chi connectivity index (χ2n) is 7.05. The number of ether oxygens (including phenoxy) is 2. The summed E-state index contributed by atoms with van der Waals surface area (Å²) in [7, 11) is -3.85. The molecule has 1 saturated heterocycles. The Labute approximate surface area is 154 Å². The largest absolute Gasteiger partial charge is 0.464 e. The van der Waals surface area contributed by atoms with Gasteiger partial charge in [0.25, 0.3) is 0 Å². The molecular weight excluding hydrogens is 358 g/mol. The molecule has 0 saturated carbocycles. The maximum Gasteiger partial charge on any atom is 0.412 e. The number of esters is 1. The SMILES string of the molecule is CCOC(=O)[C@@H]1CC[C@@H](S(=O)(=O)c2ccccc2)N1C(=O)OC(C)(C)C. The second kappa shape index (κ2) is 7.65. The molecule has 1 aromatic carbocycles. The molecule has 7 nitrogen and oxygen atoms in total. The van der Waals surface area contributed by atoms with Gasteiger partial charge in [-0.25, -0.2) is 18.0 Å². The van der Waals surface area contributed by atoms with E-state index in [1.165, 1.54) is 12.1 Å². The Kier molecular flexibility index (Phi) is 5.95. The third-order valence-electron chi connectivity index (χ3n) is 3.93. The lowest BCUT2D eigenvalue weighted by Gasteiger charge is -2.31. The van der Waals surface area contributed by atoms with Crippen molar-refractivity contribution in [3.8, 4) is 0 Å². The van der Waals surface area contributed by atoms with E-state index in [2.05, 4.69) is 0 Å². The standard InChI is InChI=1S/C18H25NO6S/c1-5-24-16(20)14-11-12-15(19(14)17(21)25-18(2,3)4)26(22,23)13-9-7-6-8-10-13/h6-10,14-15H,5,11-12H2,1-4H3/t14-,15+/m0/s1. The van der Waals surface area contributed by atoms with Crippen molar-refractivity contribution in [1.82, 2.24) is 4.90 Å². The topological polar surface area (TPSA) is 90.0 Å². The Hall–Kier alpha value is -2.09. The van der Waals surface area contributed by atoms with Gasteiger partial charge in [0.1, 0.15) is 17.0 Å². The minimum atomic E-state index is -3.85. The molecule has 2 rings (SSSR count). The minimum absolute atomic E-state index is 0.100. The number of likely N-dealkylation sites (tertiary alicyclic amines) is 1. The van der Waals surface area contributed by atoms with Crippen molar-refractivity contribution in [2.75, 3.05) is 6.61 Å². The number of carbonyl (C=O) groups is 2. The van der Waals surface area contributed by atoms with E-state index in [9.17, 15) is 18.0 Å². The Morgan fingerprint density at radius 2 is 1.77 bits per heavy atom. The van der Waals surface area contributed by atoms with Crippen LogP contribution in [0.25, 0.3) is 0 Å². The lowest BCUT2D eigenvalue weighted by atomic mass is 10.2. The van der Waals surface area contributed by atoms with Crippen LogP contribution in [0.2, 0.25) is 0 Å². The highest BCUT2D eigenvalue weighted by Gasteiger charge is 2.49. The summed E-state index contributed by atoms with van der Waals surface area (Å²) in [5.74, 6) is -0.621. The molecule has 144 valence electrons. The average Bonchev–Trinajstić information content (AvgIpc) is 3.00. The zero-order valence-corrected chi connectivity index (χ0v) is 16.3. The van der Waals surface area contributed by atoms with Crippen LogP contribution in [0.4, 0.5) is 4.79 Å². The van der Waals surface area contributed by atoms with Crippen molar-refractivity contribution in [2.24, 2.45) is 0 Å². The smallest absolute Gasteiger partial charge is 0.412 e. The van der Waals surface area contributed by atoms with E-state index in [1.807, 2.05) is 0 Å². The summed E-state index contributed by atoms with van der Waals surface area (Å²) in [6.07, 6.45) is -0.494. The van der Waals surface area contributed by atoms with Crippen LogP contribution in [0.5, 0.6) is 0 Å². The number of hydrogen-bond acceptors (Lipinski definition) is 6. The van der Waals surface area contributed by atoms with Gasteiger partial charge in [0, 0.05) is 0 Å². The third-order valence-corrected chi connectivity index (χ3v) is 6.03. The zero-order valence-electron chi connectivity index (χ0n) is 15.5. The minimum Gasteiger partial charge on any atom is -0.464 e. The van der Waals surface area contributed by atoms with E-state index in [4.69, 9.17) is 9.47 Å². The van der Waals surface area contributed by atoms with Crippen molar-refractivity contribution in [3.63, 3.8) is 0 Å². The van der Waals surface area contributed by atoms with Crippen LogP contribution in [0.1, 0.15) is 40.5 Å². The van der Waals surface area contributed by atoms with Crippen molar-refractivity contribution in [3.05, 3.63) is 30.3 Å². The monoisotopic (exact) mass is 383 g/mol. The molecular formula is C18H25NO6S. The van der Waals surface area contributed by atoms with Crippen LogP contribution >= 0.6 is 0 Å². The molecule has 1 aromatic rings. The first kappa shape index (κ1) is 20.2. The van der Waals surface area contributed by atoms with E-state index in [0.717, 1.165) is 4.90 Å². The Bertz CT molecular complexity index is 754. The molecule has 1 amide bonds. The quantitative estimate of drug-likeness (QED) is 0.743. The highest BCUT2D eigenvalue weighted by atomic mass is 32.2. The number of hydrogen-bond donors (Lipinski definition) is 0. The van der Waals surface area contributed by atoms with Crippen LogP contribution in [-0.4, -0.2) is 49.0 Å². The molecule has 0 unspecified atom stereocenters. The summed E-state index contributed by atoms with van der Waals surface area (Å²) < 4.78 is 36.5. The molecule has 0 aliphatic carbocycles.